The van der Waals surface area contributed by atoms with Crippen molar-refractivity contribution >= 4 is 15.9 Å². The first-order valence-electron chi connectivity index (χ1n) is 9.45. The van der Waals surface area contributed by atoms with E-state index < -0.39 is 10.0 Å². The van der Waals surface area contributed by atoms with Crippen LogP contribution in [0.1, 0.15) is 36.6 Å². The van der Waals surface area contributed by atoms with E-state index in [9.17, 15) is 13.2 Å². The third-order valence-electron chi connectivity index (χ3n) is 4.91. The maximum Gasteiger partial charge on any atom is 0.248 e. The smallest absolute Gasteiger partial charge is 0.248 e. The molecule has 0 unspecified atom stereocenters. The predicted octanol–water partition coefficient (Wildman–Crippen LogP) is 2.65. The van der Waals surface area contributed by atoms with Gasteiger partial charge in [-0.25, -0.2) is 13.1 Å². The molecular formula is C21H26N2O4S. The zero-order valence-electron chi connectivity index (χ0n) is 16.2. The van der Waals surface area contributed by atoms with Crippen molar-refractivity contribution in [2.45, 2.75) is 37.8 Å². The highest BCUT2D eigenvalue weighted by atomic mass is 32.2. The zero-order chi connectivity index (χ0) is 20.1. The molecule has 1 heterocycles. The van der Waals surface area contributed by atoms with Gasteiger partial charge in [-0.1, -0.05) is 36.4 Å². The van der Waals surface area contributed by atoms with Crippen LogP contribution in [0.15, 0.2) is 53.4 Å². The molecule has 0 spiro atoms. The minimum Gasteiger partial charge on any atom is -0.372 e. The van der Waals surface area contributed by atoms with Crippen LogP contribution in [0.3, 0.4) is 0 Å². The van der Waals surface area contributed by atoms with Crippen LogP contribution in [0.4, 0.5) is 0 Å². The van der Waals surface area contributed by atoms with Gasteiger partial charge in [0.15, 0.2) is 0 Å². The Hall–Kier alpha value is -2.22. The average Bonchev–Trinajstić information content (AvgIpc) is 2.71. The van der Waals surface area contributed by atoms with E-state index in [1.807, 2.05) is 44.2 Å². The lowest BCUT2D eigenvalue weighted by molar-refractivity contribution is -0.136. The summed E-state index contributed by atoms with van der Waals surface area (Å²) in [7, 11) is -3.63. The van der Waals surface area contributed by atoms with Gasteiger partial charge >= 0.3 is 0 Å². The number of fused-ring (bicyclic) bond motifs is 1. The number of nitrogens with one attached hydrogen (secondary N) is 1. The number of nitrogens with zero attached hydrogens (tertiary/aromatic N) is 1. The number of sulfonamides is 1. The zero-order valence-corrected chi connectivity index (χ0v) is 17.0. The third-order valence-corrected chi connectivity index (χ3v) is 6.45. The van der Waals surface area contributed by atoms with Crippen molar-refractivity contribution < 1.29 is 17.9 Å². The van der Waals surface area contributed by atoms with E-state index in [0.717, 1.165) is 16.7 Å². The summed E-state index contributed by atoms with van der Waals surface area (Å²) in [5, 5.41) is 0. The molecule has 1 atom stereocenters. The molecule has 7 heteroatoms. The average molecular weight is 403 g/mol. The number of benzene rings is 2. The number of hydrogen-bond acceptors (Lipinski definition) is 4. The normalized spacial score (nSPS) is 15.1. The molecule has 1 N–H and O–H groups in total. The molecule has 0 aromatic heterocycles. The minimum atomic E-state index is -3.63. The van der Waals surface area contributed by atoms with Crippen LogP contribution < -0.4 is 4.72 Å². The highest BCUT2D eigenvalue weighted by molar-refractivity contribution is 7.89. The van der Waals surface area contributed by atoms with Gasteiger partial charge in [0.05, 0.1) is 4.90 Å². The van der Waals surface area contributed by atoms with Gasteiger partial charge in [-0.05, 0) is 49.1 Å². The van der Waals surface area contributed by atoms with Gasteiger partial charge in [0, 0.05) is 25.7 Å². The molecule has 150 valence electrons. The Bertz CT molecular complexity index is 929. The van der Waals surface area contributed by atoms with Gasteiger partial charge in [0.1, 0.15) is 6.61 Å². The van der Waals surface area contributed by atoms with Crippen molar-refractivity contribution in [3.8, 4) is 0 Å². The Kier molecular flexibility index (Phi) is 6.49. The largest absolute Gasteiger partial charge is 0.372 e. The summed E-state index contributed by atoms with van der Waals surface area (Å²) in [5.41, 5.74) is 2.86. The Labute approximate surface area is 166 Å². The molecule has 6 nitrogen and oxygen atoms in total. The molecule has 0 saturated carbocycles. The summed E-state index contributed by atoms with van der Waals surface area (Å²) in [6, 6.07) is 14.3. The molecule has 0 aliphatic carbocycles. The molecule has 0 fully saturated rings. The second kappa shape index (κ2) is 8.86. The maximum absolute atomic E-state index is 12.8. The molecular weight excluding hydrogens is 376 g/mol. The minimum absolute atomic E-state index is 0.0393. The van der Waals surface area contributed by atoms with E-state index in [4.69, 9.17) is 4.74 Å². The molecule has 0 saturated heterocycles. The van der Waals surface area contributed by atoms with E-state index in [1.54, 1.807) is 23.1 Å². The van der Waals surface area contributed by atoms with Gasteiger partial charge in [-0.3, -0.25) is 4.79 Å². The fraction of sp³-hybridized carbons (Fsp3) is 0.381. The monoisotopic (exact) mass is 402 g/mol. The Morgan fingerprint density at radius 3 is 2.64 bits per heavy atom. The standard InChI is InChI=1S/C21H26N2O4S/c1-3-27-15-21(24)23-12-11-18-13-20(10-9-19(18)14-23)28(25,26)22-16(2)17-7-5-4-6-8-17/h4-10,13,16,22H,3,11-12,14-15H2,1-2H3/t16-/m0/s1. The van der Waals surface area contributed by atoms with Crippen LogP contribution in [0.2, 0.25) is 0 Å². The number of rotatable bonds is 7. The molecule has 1 aliphatic rings. The summed E-state index contributed by atoms with van der Waals surface area (Å²) in [4.78, 5) is 14.1. The predicted molar refractivity (Wildman–Crippen MR) is 107 cm³/mol. The molecule has 1 aliphatic heterocycles. The first kappa shape index (κ1) is 20.5. The van der Waals surface area contributed by atoms with E-state index in [0.29, 0.717) is 26.1 Å². The highest BCUT2D eigenvalue weighted by Gasteiger charge is 2.24. The van der Waals surface area contributed by atoms with Crippen molar-refractivity contribution in [3.63, 3.8) is 0 Å². The Morgan fingerprint density at radius 2 is 1.93 bits per heavy atom. The van der Waals surface area contributed by atoms with Crippen molar-refractivity contribution in [2.75, 3.05) is 19.8 Å². The molecule has 28 heavy (non-hydrogen) atoms. The summed E-state index contributed by atoms with van der Waals surface area (Å²) in [5.74, 6) is -0.0393. The van der Waals surface area contributed by atoms with Gasteiger partial charge in [0.25, 0.3) is 0 Å². The molecule has 2 aromatic carbocycles. The van der Waals surface area contributed by atoms with E-state index in [-0.39, 0.29) is 23.5 Å². The van der Waals surface area contributed by atoms with Gasteiger partial charge in [-0.2, -0.15) is 0 Å². The summed E-state index contributed by atoms with van der Waals surface area (Å²) >= 11 is 0. The highest BCUT2D eigenvalue weighted by Crippen LogP contribution is 2.24. The topological polar surface area (TPSA) is 75.7 Å². The lowest BCUT2D eigenvalue weighted by atomic mass is 10.00. The van der Waals surface area contributed by atoms with Crippen LogP contribution in [-0.2, 0) is 32.5 Å². The number of carbonyl (C=O) groups is 1. The molecule has 0 bridgehead atoms. The third kappa shape index (κ3) is 4.79. The summed E-state index contributed by atoms with van der Waals surface area (Å²) in [6.07, 6.45) is 0.630. The van der Waals surface area contributed by atoms with Crippen molar-refractivity contribution in [1.82, 2.24) is 9.62 Å². The van der Waals surface area contributed by atoms with Crippen molar-refractivity contribution in [3.05, 3.63) is 65.2 Å². The van der Waals surface area contributed by atoms with E-state index in [2.05, 4.69) is 4.72 Å². The fourth-order valence-electron chi connectivity index (χ4n) is 3.30. The van der Waals surface area contributed by atoms with Gasteiger partial charge < -0.3 is 9.64 Å². The van der Waals surface area contributed by atoms with E-state index in [1.165, 1.54) is 0 Å². The number of hydrogen-bond donors (Lipinski definition) is 1. The SMILES string of the molecule is CCOCC(=O)N1CCc2cc(S(=O)(=O)N[C@@H](C)c3ccccc3)ccc2C1. The quantitative estimate of drug-likeness (QED) is 0.773. The Balaban J connectivity index is 1.72. The van der Waals surface area contributed by atoms with Gasteiger partial charge in [0.2, 0.25) is 15.9 Å². The second-order valence-electron chi connectivity index (χ2n) is 6.89. The first-order valence-corrected chi connectivity index (χ1v) is 10.9. The summed E-state index contributed by atoms with van der Waals surface area (Å²) < 4.78 is 33.5. The Morgan fingerprint density at radius 1 is 1.18 bits per heavy atom. The van der Waals surface area contributed by atoms with Crippen LogP contribution in [0.25, 0.3) is 0 Å². The maximum atomic E-state index is 12.8. The molecule has 1 amide bonds. The number of amides is 1. The number of carbonyl (C=O) groups excluding carboxylic acids is 1. The number of ether oxygens (including phenoxy) is 1. The van der Waals surface area contributed by atoms with Gasteiger partial charge in [-0.15, -0.1) is 0 Å². The summed E-state index contributed by atoms with van der Waals surface area (Å²) in [6.45, 7) is 5.32. The molecule has 0 radical (unpaired) electrons. The van der Waals surface area contributed by atoms with Crippen LogP contribution in [-0.4, -0.2) is 39.0 Å². The molecule has 3 rings (SSSR count). The second-order valence-corrected chi connectivity index (χ2v) is 8.60. The van der Waals surface area contributed by atoms with E-state index >= 15 is 0 Å². The van der Waals surface area contributed by atoms with Crippen LogP contribution in [0.5, 0.6) is 0 Å². The van der Waals surface area contributed by atoms with Crippen molar-refractivity contribution in [2.24, 2.45) is 0 Å². The molecule has 2 aromatic rings. The first-order chi connectivity index (χ1) is 13.4. The lowest BCUT2D eigenvalue weighted by Crippen LogP contribution is -2.38. The van der Waals surface area contributed by atoms with Crippen molar-refractivity contribution in [1.29, 1.82) is 0 Å². The lowest BCUT2D eigenvalue weighted by Gasteiger charge is -2.29. The van der Waals surface area contributed by atoms with Crippen LogP contribution >= 0.6 is 0 Å². The fourth-order valence-corrected chi connectivity index (χ4v) is 4.58. The van der Waals surface area contributed by atoms with Crippen LogP contribution in [0, 0.1) is 0 Å².